The van der Waals surface area contributed by atoms with E-state index < -0.39 is 0 Å². The molecule has 1 saturated heterocycles. The predicted molar refractivity (Wildman–Crippen MR) is 70.7 cm³/mol. The Bertz CT molecular complexity index is 471. The summed E-state index contributed by atoms with van der Waals surface area (Å²) in [6.07, 6.45) is 4.28. The highest BCUT2D eigenvalue weighted by Crippen LogP contribution is 2.34. The van der Waals surface area contributed by atoms with E-state index in [9.17, 15) is 4.79 Å². The number of aromatic nitrogens is 4. The van der Waals surface area contributed by atoms with Crippen LogP contribution in [0.4, 0.5) is 0 Å². The summed E-state index contributed by atoms with van der Waals surface area (Å²) in [6, 6.07) is 0.491. The van der Waals surface area contributed by atoms with Crippen molar-refractivity contribution >= 4 is 5.97 Å². The molecule has 3 rings (SSSR count). The Labute approximate surface area is 118 Å². The van der Waals surface area contributed by atoms with Crippen molar-refractivity contribution in [1.82, 2.24) is 25.1 Å². The molecule has 2 heterocycles. The molecule has 0 bridgehead atoms. The van der Waals surface area contributed by atoms with Gasteiger partial charge < -0.3 is 4.74 Å². The van der Waals surface area contributed by atoms with Gasteiger partial charge >= 0.3 is 5.97 Å². The largest absolute Gasteiger partial charge is 0.466 e. The number of piperidine rings is 1. The molecular formula is C13H21N5O2. The van der Waals surface area contributed by atoms with Crippen LogP contribution in [0.5, 0.6) is 0 Å². The number of rotatable bonds is 5. The van der Waals surface area contributed by atoms with Crippen molar-refractivity contribution in [3.05, 3.63) is 5.82 Å². The minimum atomic E-state index is -0.0704. The van der Waals surface area contributed by atoms with Crippen molar-refractivity contribution in [3.63, 3.8) is 0 Å². The zero-order valence-electron chi connectivity index (χ0n) is 11.9. The molecule has 0 N–H and O–H groups in total. The first-order valence-electron chi connectivity index (χ1n) is 7.43. The van der Waals surface area contributed by atoms with E-state index in [1.54, 1.807) is 0 Å². The molecule has 1 atom stereocenters. The first kappa shape index (κ1) is 13.5. The molecule has 2 aliphatic rings. The summed E-state index contributed by atoms with van der Waals surface area (Å²) in [7, 11) is 0. The van der Waals surface area contributed by atoms with Crippen molar-refractivity contribution in [2.75, 3.05) is 19.7 Å². The lowest BCUT2D eigenvalue weighted by atomic mass is 9.98. The summed E-state index contributed by atoms with van der Waals surface area (Å²) in [5.41, 5.74) is 0. The standard InChI is InChI=1S/C13H21N5O2/c1-2-20-13(19)10-4-3-7-17(8-10)9-12-14-15-16-18(12)11-5-6-11/h10-11H,2-9H2,1H3. The third kappa shape index (κ3) is 2.98. The maximum atomic E-state index is 11.8. The van der Waals surface area contributed by atoms with Crippen LogP contribution in [0, 0.1) is 5.92 Å². The smallest absolute Gasteiger partial charge is 0.310 e. The first-order valence-corrected chi connectivity index (χ1v) is 7.43. The molecule has 0 aromatic carbocycles. The summed E-state index contributed by atoms with van der Waals surface area (Å²) >= 11 is 0. The molecule has 1 aliphatic carbocycles. The van der Waals surface area contributed by atoms with Crippen molar-refractivity contribution in [2.24, 2.45) is 5.92 Å². The fraction of sp³-hybridized carbons (Fsp3) is 0.846. The lowest BCUT2D eigenvalue weighted by Gasteiger charge is -2.30. The van der Waals surface area contributed by atoms with Crippen LogP contribution in [0.3, 0.4) is 0 Å². The Kier molecular flexibility index (Phi) is 3.95. The van der Waals surface area contributed by atoms with Gasteiger partial charge in [-0.1, -0.05) is 0 Å². The van der Waals surface area contributed by atoms with Gasteiger partial charge in [-0.3, -0.25) is 9.69 Å². The van der Waals surface area contributed by atoms with Gasteiger partial charge in [-0.25, -0.2) is 4.68 Å². The highest BCUT2D eigenvalue weighted by molar-refractivity contribution is 5.72. The number of esters is 1. The van der Waals surface area contributed by atoms with Gasteiger partial charge in [0.25, 0.3) is 0 Å². The summed E-state index contributed by atoms with van der Waals surface area (Å²) < 4.78 is 7.06. The SMILES string of the molecule is CCOC(=O)C1CCCN(Cc2nnnn2C2CC2)C1. The van der Waals surface area contributed by atoms with Gasteiger partial charge in [0, 0.05) is 6.54 Å². The maximum Gasteiger partial charge on any atom is 0.310 e. The zero-order valence-corrected chi connectivity index (χ0v) is 11.9. The van der Waals surface area contributed by atoms with E-state index in [0.29, 0.717) is 12.6 Å². The Morgan fingerprint density at radius 1 is 1.40 bits per heavy atom. The number of ether oxygens (including phenoxy) is 1. The van der Waals surface area contributed by atoms with Gasteiger partial charge in [-0.05, 0) is 49.6 Å². The van der Waals surface area contributed by atoms with E-state index in [1.165, 1.54) is 12.8 Å². The summed E-state index contributed by atoms with van der Waals surface area (Å²) in [5, 5.41) is 12.0. The van der Waals surface area contributed by atoms with Crippen LogP contribution >= 0.6 is 0 Å². The molecule has 110 valence electrons. The van der Waals surface area contributed by atoms with Crippen LogP contribution in [-0.4, -0.2) is 50.8 Å². The fourth-order valence-corrected chi connectivity index (χ4v) is 2.77. The van der Waals surface area contributed by atoms with E-state index in [4.69, 9.17) is 4.74 Å². The molecular weight excluding hydrogens is 258 g/mol. The molecule has 0 amide bonds. The average molecular weight is 279 g/mol. The van der Waals surface area contributed by atoms with E-state index in [0.717, 1.165) is 38.3 Å². The number of carbonyl (C=O) groups excluding carboxylic acids is 1. The summed E-state index contributed by atoms with van der Waals surface area (Å²) in [4.78, 5) is 14.1. The summed E-state index contributed by atoms with van der Waals surface area (Å²) in [5.74, 6) is 0.838. The van der Waals surface area contributed by atoms with Gasteiger partial charge in [-0.15, -0.1) is 5.10 Å². The fourth-order valence-electron chi connectivity index (χ4n) is 2.77. The normalized spacial score (nSPS) is 23.8. The molecule has 1 saturated carbocycles. The predicted octanol–water partition coefficient (Wildman–Crippen LogP) is 0.783. The minimum Gasteiger partial charge on any atom is -0.466 e. The monoisotopic (exact) mass is 279 g/mol. The molecule has 1 aromatic rings. The van der Waals surface area contributed by atoms with Crippen LogP contribution in [0.1, 0.15) is 44.5 Å². The Morgan fingerprint density at radius 2 is 2.25 bits per heavy atom. The minimum absolute atomic E-state index is 0.00560. The second-order valence-corrected chi connectivity index (χ2v) is 5.60. The van der Waals surface area contributed by atoms with Crippen molar-refractivity contribution in [3.8, 4) is 0 Å². The van der Waals surface area contributed by atoms with Crippen molar-refractivity contribution < 1.29 is 9.53 Å². The lowest BCUT2D eigenvalue weighted by molar-refractivity contribution is -0.150. The number of hydrogen-bond donors (Lipinski definition) is 0. The summed E-state index contributed by atoms with van der Waals surface area (Å²) in [6.45, 7) is 4.76. The molecule has 1 aliphatic heterocycles. The van der Waals surface area contributed by atoms with Crippen molar-refractivity contribution in [2.45, 2.75) is 45.2 Å². The maximum absolute atomic E-state index is 11.8. The number of tetrazole rings is 1. The van der Waals surface area contributed by atoms with Gasteiger partial charge in [0.2, 0.25) is 0 Å². The van der Waals surface area contributed by atoms with Crippen LogP contribution in [0.15, 0.2) is 0 Å². The second kappa shape index (κ2) is 5.87. The zero-order chi connectivity index (χ0) is 13.9. The number of hydrogen-bond acceptors (Lipinski definition) is 6. The van der Waals surface area contributed by atoms with Crippen LogP contribution in [0.2, 0.25) is 0 Å². The topological polar surface area (TPSA) is 73.1 Å². The first-order chi connectivity index (χ1) is 9.78. The number of likely N-dealkylation sites (tertiary alicyclic amines) is 1. The lowest BCUT2D eigenvalue weighted by Crippen LogP contribution is -2.39. The van der Waals surface area contributed by atoms with Crippen LogP contribution in [-0.2, 0) is 16.1 Å². The molecule has 2 fully saturated rings. The van der Waals surface area contributed by atoms with Crippen LogP contribution < -0.4 is 0 Å². The average Bonchev–Trinajstić information content (AvgIpc) is 3.20. The Hall–Kier alpha value is -1.50. The molecule has 0 spiro atoms. The molecule has 1 aromatic heterocycles. The van der Waals surface area contributed by atoms with E-state index in [2.05, 4.69) is 20.4 Å². The van der Waals surface area contributed by atoms with E-state index in [-0.39, 0.29) is 11.9 Å². The van der Waals surface area contributed by atoms with Gasteiger partial charge in [0.1, 0.15) is 0 Å². The third-order valence-electron chi connectivity index (χ3n) is 3.94. The Morgan fingerprint density at radius 3 is 3.00 bits per heavy atom. The van der Waals surface area contributed by atoms with E-state index >= 15 is 0 Å². The third-order valence-corrected chi connectivity index (χ3v) is 3.94. The Balaban J connectivity index is 1.59. The molecule has 7 heteroatoms. The number of carbonyl (C=O) groups is 1. The highest BCUT2D eigenvalue weighted by atomic mass is 16.5. The number of nitrogens with zero attached hydrogens (tertiary/aromatic N) is 5. The van der Waals surface area contributed by atoms with Gasteiger partial charge in [0.05, 0.1) is 25.1 Å². The van der Waals surface area contributed by atoms with E-state index in [1.807, 2.05) is 11.6 Å². The molecule has 20 heavy (non-hydrogen) atoms. The van der Waals surface area contributed by atoms with Gasteiger partial charge in [-0.2, -0.15) is 0 Å². The highest BCUT2D eigenvalue weighted by Gasteiger charge is 2.31. The molecule has 1 unspecified atom stereocenters. The van der Waals surface area contributed by atoms with Crippen LogP contribution in [0.25, 0.3) is 0 Å². The molecule has 7 nitrogen and oxygen atoms in total. The van der Waals surface area contributed by atoms with Crippen molar-refractivity contribution in [1.29, 1.82) is 0 Å². The molecule has 0 radical (unpaired) electrons. The second-order valence-electron chi connectivity index (χ2n) is 5.60. The quantitative estimate of drug-likeness (QED) is 0.742. The van der Waals surface area contributed by atoms with Gasteiger partial charge in [0.15, 0.2) is 5.82 Å².